The molecule has 4 rings (SSSR count). The van der Waals surface area contributed by atoms with Gasteiger partial charge in [0.25, 0.3) is 0 Å². The summed E-state index contributed by atoms with van der Waals surface area (Å²) in [5, 5.41) is 9.16. The van der Waals surface area contributed by atoms with Gasteiger partial charge in [0.15, 0.2) is 0 Å². The summed E-state index contributed by atoms with van der Waals surface area (Å²) in [6.45, 7) is 7.66. The molecule has 1 saturated heterocycles. The summed E-state index contributed by atoms with van der Waals surface area (Å²) >= 11 is 0. The Balaban J connectivity index is 1.64. The second-order valence-electron chi connectivity index (χ2n) is 6.92. The van der Waals surface area contributed by atoms with Crippen molar-refractivity contribution in [2.45, 2.75) is 13.3 Å². The number of carboxylic acid groups (broad SMARTS) is 1. The Morgan fingerprint density at radius 2 is 1.93 bits per heavy atom. The fourth-order valence-electron chi connectivity index (χ4n) is 3.74. The molecule has 0 spiro atoms. The van der Waals surface area contributed by atoms with Gasteiger partial charge >= 0.3 is 5.97 Å². The van der Waals surface area contributed by atoms with Crippen molar-refractivity contribution in [3.63, 3.8) is 0 Å². The van der Waals surface area contributed by atoms with E-state index in [0.717, 1.165) is 43.9 Å². The SMILES string of the molecule is CCN1CCCN(c2cccc(-n3cnc4cc(C(=O)O)ccc43)c2)CC1. The van der Waals surface area contributed by atoms with Crippen LogP contribution in [-0.2, 0) is 0 Å². The van der Waals surface area contributed by atoms with Crippen molar-refractivity contribution in [1.82, 2.24) is 14.5 Å². The first-order chi connectivity index (χ1) is 13.2. The van der Waals surface area contributed by atoms with Gasteiger partial charge in [-0.25, -0.2) is 9.78 Å². The average Bonchev–Trinajstić information content (AvgIpc) is 2.96. The highest BCUT2D eigenvalue weighted by Gasteiger charge is 2.15. The molecule has 1 aliphatic rings. The minimum absolute atomic E-state index is 0.256. The molecular weight excluding hydrogens is 340 g/mol. The smallest absolute Gasteiger partial charge is 0.335 e. The average molecular weight is 364 g/mol. The first-order valence-electron chi connectivity index (χ1n) is 9.44. The first kappa shape index (κ1) is 17.5. The van der Waals surface area contributed by atoms with Crippen molar-refractivity contribution in [3.8, 4) is 5.69 Å². The van der Waals surface area contributed by atoms with Crippen LogP contribution in [0.5, 0.6) is 0 Å². The Kier molecular flexibility index (Phi) is 4.81. The third-order valence-corrected chi connectivity index (χ3v) is 5.30. The van der Waals surface area contributed by atoms with E-state index in [1.807, 2.05) is 10.6 Å². The van der Waals surface area contributed by atoms with E-state index in [4.69, 9.17) is 5.11 Å². The van der Waals surface area contributed by atoms with Gasteiger partial charge in [-0.05, 0) is 55.9 Å². The number of benzene rings is 2. The molecule has 1 aromatic heterocycles. The van der Waals surface area contributed by atoms with Gasteiger partial charge in [-0.3, -0.25) is 4.57 Å². The van der Waals surface area contributed by atoms with Crippen molar-refractivity contribution >= 4 is 22.7 Å². The number of fused-ring (bicyclic) bond motifs is 1. The van der Waals surface area contributed by atoms with Gasteiger partial charge in [0.2, 0.25) is 0 Å². The number of imidazole rings is 1. The van der Waals surface area contributed by atoms with E-state index in [-0.39, 0.29) is 5.56 Å². The van der Waals surface area contributed by atoms with Gasteiger partial charge in [0.1, 0.15) is 6.33 Å². The standard InChI is InChI=1S/C21H24N4O2/c1-2-23-9-4-10-24(12-11-23)17-5-3-6-18(14-17)25-15-22-19-13-16(21(26)27)7-8-20(19)25/h3,5-8,13-15H,2,4,9-12H2,1H3,(H,26,27). The predicted octanol–water partition coefficient (Wildman–Crippen LogP) is 3.26. The zero-order valence-corrected chi connectivity index (χ0v) is 15.5. The summed E-state index contributed by atoms with van der Waals surface area (Å²) in [6.07, 6.45) is 2.93. The molecule has 140 valence electrons. The summed E-state index contributed by atoms with van der Waals surface area (Å²) in [6, 6.07) is 13.5. The Morgan fingerprint density at radius 1 is 1.07 bits per heavy atom. The number of anilines is 1. The molecule has 1 aliphatic heterocycles. The van der Waals surface area contributed by atoms with Crippen molar-refractivity contribution in [1.29, 1.82) is 0 Å². The van der Waals surface area contributed by atoms with Crippen LogP contribution in [0.25, 0.3) is 16.7 Å². The molecule has 6 heteroatoms. The highest BCUT2D eigenvalue weighted by atomic mass is 16.4. The number of aromatic nitrogens is 2. The number of aromatic carboxylic acids is 1. The molecule has 0 aliphatic carbocycles. The van der Waals surface area contributed by atoms with Crippen LogP contribution in [0.3, 0.4) is 0 Å². The summed E-state index contributed by atoms with van der Waals surface area (Å²) < 4.78 is 2.01. The van der Waals surface area contributed by atoms with Crippen LogP contribution in [0, 0.1) is 0 Å². The third-order valence-electron chi connectivity index (χ3n) is 5.30. The van der Waals surface area contributed by atoms with Crippen LogP contribution < -0.4 is 4.90 Å². The van der Waals surface area contributed by atoms with E-state index in [2.05, 4.69) is 46.0 Å². The van der Waals surface area contributed by atoms with Gasteiger partial charge in [0.05, 0.1) is 16.6 Å². The van der Waals surface area contributed by atoms with E-state index >= 15 is 0 Å². The number of carboxylic acids is 1. The molecule has 2 aromatic carbocycles. The molecule has 1 fully saturated rings. The molecule has 2 heterocycles. The fourth-order valence-corrected chi connectivity index (χ4v) is 3.74. The quantitative estimate of drug-likeness (QED) is 0.770. The highest BCUT2D eigenvalue weighted by Crippen LogP contribution is 2.24. The number of carbonyl (C=O) groups is 1. The third kappa shape index (κ3) is 3.53. The first-order valence-corrected chi connectivity index (χ1v) is 9.44. The molecule has 0 bridgehead atoms. The largest absolute Gasteiger partial charge is 0.478 e. The normalized spacial score (nSPS) is 15.8. The van der Waals surface area contributed by atoms with Gasteiger partial charge in [0, 0.05) is 31.0 Å². The van der Waals surface area contributed by atoms with Crippen LogP contribution in [0.1, 0.15) is 23.7 Å². The zero-order chi connectivity index (χ0) is 18.8. The summed E-state index contributed by atoms with van der Waals surface area (Å²) in [4.78, 5) is 20.5. The Bertz CT molecular complexity index is 966. The maximum Gasteiger partial charge on any atom is 0.335 e. The monoisotopic (exact) mass is 364 g/mol. The van der Waals surface area contributed by atoms with E-state index < -0.39 is 5.97 Å². The highest BCUT2D eigenvalue weighted by molar-refractivity contribution is 5.92. The lowest BCUT2D eigenvalue weighted by Gasteiger charge is -2.24. The summed E-state index contributed by atoms with van der Waals surface area (Å²) in [5.74, 6) is -0.935. The second-order valence-corrected chi connectivity index (χ2v) is 6.92. The second kappa shape index (κ2) is 7.40. The number of hydrogen-bond acceptors (Lipinski definition) is 4. The Morgan fingerprint density at radius 3 is 2.74 bits per heavy atom. The summed E-state index contributed by atoms with van der Waals surface area (Å²) in [7, 11) is 0. The maximum absolute atomic E-state index is 11.2. The number of nitrogens with zero attached hydrogens (tertiary/aromatic N) is 4. The Hall–Kier alpha value is -2.86. The van der Waals surface area contributed by atoms with Gasteiger partial charge < -0.3 is 14.9 Å². The molecule has 27 heavy (non-hydrogen) atoms. The molecule has 0 atom stereocenters. The minimum atomic E-state index is -0.935. The molecule has 0 saturated carbocycles. The fraction of sp³-hybridized carbons (Fsp3) is 0.333. The molecule has 0 amide bonds. The lowest BCUT2D eigenvalue weighted by molar-refractivity contribution is 0.0697. The van der Waals surface area contributed by atoms with E-state index in [0.29, 0.717) is 5.52 Å². The van der Waals surface area contributed by atoms with Crippen LogP contribution in [0.15, 0.2) is 48.8 Å². The molecule has 1 N–H and O–H groups in total. The molecular formula is C21H24N4O2. The van der Waals surface area contributed by atoms with Crippen molar-refractivity contribution in [2.24, 2.45) is 0 Å². The van der Waals surface area contributed by atoms with Crippen LogP contribution in [0.4, 0.5) is 5.69 Å². The van der Waals surface area contributed by atoms with E-state index in [9.17, 15) is 4.79 Å². The van der Waals surface area contributed by atoms with Gasteiger partial charge in [-0.15, -0.1) is 0 Å². The molecule has 6 nitrogen and oxygen atoms in total. The van der Waals surface area contributed by atoms with Crippen molar-refractivity contribution in [2.75, 3.05) is 37.6 Å². The lowest BCUT2D eigenvalue weighted by Crippen LogP contribution is -2.30. The zero-order valence-electron chi connectivity index (χ0n) is 15.5. The van der Waals surface area contributed by atoms with Crippen LogP contribution in [0.2, 0.25) is 0 Å². The number of hydrogen-bond donors (Lipinski definition) is 1. The van der Waals surface area contributed by atoms with Crippen molar-refractivity contribution < 1.29 is 9.90 Å². The minimum Gasteiger partial charge on any atom is -0.478 e. The Labute approximate surface area is 158 Å². The van der Waals surface area contributed by atoms with Crippen molar-refractivity contribution in [3.05, 3.63) is 54.4 Å². The molecule has 3 aromatic rings. The maximum atomic E-state index is 11.2. The number of likely N-dealkylation sites (N-methyl/N-ethyl adjacent to an activating group) is 1. The predicted molar refractivity (Wildman–Crippen MR) is 107 cm³/mol. The van der Waals surface area contributed by atoms with E-state index in [1.165, 1.54) is 12.1 Å². The van der Waals surface area contributed by atoms with Crippen LogP contribution in [-0.4, -0.2) is 58.3 Å². The van der Waals surface area contributed by atoms with Gasteiger partial charge in [-0.1, -0.05) is 13.0 Å². The molecule has 0 radical (unpaired) electrons. The lowest BCUT2D eigenvalue weighted by atomic mass is 10.2. The number of rotatable bonds is 4. The summed E-state index contributed by atoms with van der Waals surface area (Å²) in [5.41, 5.74) is 4.11. The van der Waals surface area contributed by atoms with E-state index in [1.54, 1.807) is 18.5 Å². The van der Waals surface area contributed by atoms with Crippen LogP contribution >= 0.6 is 0 Å². The molecule has 0 unspecified atom stereocenters. The topological polar surface area (TPSA) is 61.6 Å². The van der Waals surface area contributed by atoms with Gasteiger partial charge in [-0.2, -0.15) is 0 Å².